The summed E-state index contributed by atoms with van der Waals surface area (Å²) in [6.07, 6.45) is 0.396. The number of benzene rings is 1. The molecule has 132 valence electrons. The summed E-state index contributed by atoms with van der Waals surface area (Å²) in [6.45, 7) is 2.13. The lowest BCUT2D eigenvalue weighted by Gasteiger charge is -2.18. The first-order chi connectivity index (χ1) is 12.0. The summed E-state index contributed by atoms with van der Waals surface area (Å²) in [5.74, 6) is 1.44. The summed E-state index contributed by atoms with van der Waals surface area (Å²) < 4.78 is 10.3. The van der Waals surface area contributed by atoms with E-state index in [-0.39, 0.29) is 22.3 Å². The molecule has 0 saturated heterocycles. The minimum atomic E-state index is -0.600. The molecule has 1 aliphatic rings. The van der Waals surface area contributed by atoms with Crippen molar-refractivity contribution in [2.24, 2.45) is 4.99 Å². The number of para-hydroxylation sites is 1. The predicted molar refractivity (Wildman–Crippen MR) is 97.3 cm³/mol. The van der Waals surface area contributed by atoms with E-state index >= 15 is 0 Å². The number of aromatic hydroxyl groups is 2. The topological polar surface area (TPSA) is 92.3 Å². The van der Waals surface area contributed by atoms with E-state index < -0.39 is 5.63 Å². The minimum Gasteiger partial charge on any atom is -0.507 e. The van der Waals surface area contributed by atoms with Crippen LogP contribution in [0.25, 0.3) is 0 Å². The number of phenolic OH excluding ortho intramolecular Hbond substituents is 1. The zero-order valence-electron chi connectivity index (χ0n) is 14.0. The molecule has 1 aromatic carbocycles. The van der Waals surface area contributed by atoms with Gasteiger partial charge in [0.25, 0.3) is 0 Å². The van der Waals surface area contributed by atoms with Crippen LogP contribution in [0, 0.1) is 6.92 Å². The van der Waals surface area contributed by atoms with Gasteiger partial charge in [-0.1, -0.05) is 12.1 Å². The molecule has 0 spiro atoms. The molecular formula is C18H19NO5S. The fraction of sp³-hybridized carbons (Fsp3) is 0.333. The van der Waals surface area contributed by atoms with Crippen molar-refractivity contribution in [3.8, 4) is 17.2 Å². The maximum Gasteiger partial charge on any atom is 0.348 e. The predicted octanol–water partition coefficient (Wildman–Crippen LogP) is 3.04. The fourth-order valence-corrected chi connectivity index (χ4v) is 4.01. The Kier molecular flexibility index (Phi) is 5.03. The Bertz CT molecular complexity index is 874. The Labute approximate surface area is 149 Å². The molecule has 1 aromatic heterocycles. The van der Waals surface area contributed by atoms with Gasteiger partial charge in [-0.2, -0.15) is 11.8 Å². The number of rotatable bonds is 3. The molecule has 1 aliphatic heterocycles. The van der Waals surface area contributed by atoms with Crippen LogP contribution in [0.5, 0.6) is 17.2 Å². The van der Waals surface area contributed by atoms with Gasteiger partial charge in [0.1, 0.15) is 17.1 Å². The van der Waals surface area contributed by atoms with Crippen LogP contribution in [-0.2, 0) is 0 Å². The molecule has 1 atom stereocenters. The van der Waals surface area contributed by atoms with Crippen LogP contribution in [0.15, 0.2) is 38.5 Å². The number of hydrogen-bond donors (Lipinski definition) is 2. The lowest BCUT2D eigenvalue weighted by Crippen LogP contribution is -2.17. The van der Waals surface area contributed by atoms with E-state index in [1.807, 2.05) is 12.1 Å². The van der Waals surface area contributed by atoms with Gasteiger partial charge in [0.15, 0.2) is 11.5 Å². The van der Waals surface area contributed by atoms with Gasteiger partial charge < -0.3 is 19.4 Å². The van der Waals surface area contributed by atoms with Crippen molar-refractivity contribution in [3.63, 3.8) is 0 Å². The van der Waals surface area contributed by atoms with Crippen LogP contribution in [0.2, 0.25) is 0 Å². The molecule has 25 heavy (non-hydrogen) atoms. The third-order valence-corrected chi connectivity index (χ3v) is 5.27. The maximum absolute atomic E-state index is 12.2. The van der Waals surface area contributed by atoms with Crippen molar-refractivity contribution < 1.29 is 19.4 Å². The van der Waals surface area contributed by atoms with E-state index in [1.165, 1.54) is 13.2 Å². The first-order valence-electron chi connectivity index (χ1n) is 7.86. The molecule has 2 heterocycles. The summed E-state index contributed by atoms with van der Waals surface area (Å²) in [5, 5.41) is 20.5. The summed E-state index contributed by atoms with van der Waals surface area (Å²) in [4.78, 5) is 16.7. The molecule has 0 amide bonds. The second kappa shape index (κ2) is 7.23. The normalized spacial score (nSPS) is 17.7. The number of thioether (sulfide) groups is 1. The number of nitrogens with zero attached hydrogens (tertiary/aromatic N) is 1. The Morgan fingerprint density at radius 3 is 2.88 bits per heavy atom. The van der Waals surface area contributed by atoms with Gasteiger partial charge in [-0.3, -0.25) is 4.99 Å². The molecule has 0 aliphatic carbocycles. The quantitative estimate of drug-likeness (QED) is 0.873. The largest absolute Gasteiger partial charge is 0.507 e. The molecular weight excluding hydrogens is 342 g/mol. The Hall–Kier alpha value is -2.41. The van der Waals surface area contributed by atoms with Crippen LogP contribution in [-0.4, -0.2) is 35.3 Å². The lowest BCUT2D eigenvalue weighted by atomic mass is 10.0. The van der Waals surface area contributed by atoms with Gasteiger partial charge in [-0.15, -0.1) is 0 Å². The van der Waals surface area contributed by atoms with Crippen molar-refractivity contribution in [1.82, 2.24) is 0 Å². The zero-order chi connectivity index (χ0) is 18.0. The van der Waals surface area contributed by atoms with Crippen molar-refractivity contribution >= 4 is 17.5 Å². The molecule has 0 fully saturated rings. The van der Waals surface area contributed by atoms with Gasteiger partial charge in [0, 0.05) is 35.6 Å². The van der Waals surface area contributed by atoms with Crippen molar-refractivity contribution in [2.75, 3.05) is 19.4 Å². The van der Waals surface area contributed by atoms with E-state index in [2.05, 4.69) is 4.99 Å². The van der Waals surface area contributed by atoms with E-state index in [0.717, 1.165) is 11.3 Å². The number of aliphatic imine (C=N–C) groups is 1. The van der Waals surface area contributed by atoms with E-state index in [1.54, 1.807) is 24.8 Å². The standard InChI is InChI=1S/C18H19NO5S/c1-10-8-13(20)16(18(22)24-10)12-9-15(25-7-6-19-12)11-4-3-5-14(23-2)17(11)21/h3-5,8,15,20-21H,6-7,9H2,1-2H3. The van der Waals surface area contributed by atoms with Gasteiger partial charge in [0.05, 0.1) is 12.8 Å². The first-order valence-corrected chi connectivity index (χ1v) is 8.91. The molecule has 2 N–H and O–H groups in total. The Morgan fingerprint density at radius 2 is 2.16 bits per heavy atom. The Balaban J connectivity index is 2.00. The van der Waals surface area contributed by atoms with Crippen LogP contribution >= 0.6 is 11.8 Å². The molecule has 1 unspecified atom stereocenters. The highest BCUT2D eigenvalue weighted by molar-refractivity contribution is 7.99. The van der Waals surface area contributed by atoms with Gasteiger partial charge in [0.2, 0.25) is 0 Å². The number of hydrogen-bond acceptors (Lipinski definition) is 7. The van der Waals surface area contributed by atoms with Crippen LogP contribution in [0.4, 0.5) is 0 Å². The van der Waals surface area contributed by atoms with Crippen LogP contribution in [0.1, 0.15) is 28.6 Å². The molecule has 3 rings (SSSR count). The van der Waals surface area contributed by atoms with Crippen LogP contribution in [0.3, 0.4) is 0 Å². The molecule has 2 aromatic rings. The summed E-state index contributed by atoms with van der Waals surface area (Å²) in [7, 11) is 1.50. The minimum absolute atomic E-state index is 0.0870. The van der Waals surface area contributed by atoms with Crippen molar-refractivity contribution in [3.05, 3.63) is 51.6 Å². The lowest BCUT2D eigenvalue weighted by molar-refractivity contribution is 0.370. The second-order valence-corrected chi connectivity index (χ2v) is 7.01. The SMILES string of the molecule is COc1cccc(C2CC(c3c(O)cc(C)oc3=O)=NCCS2)c1O. The number of ether oxygens (including phenoxy) is 1. The van der Waals surface area contributed by atoms with Crippen LogP contribution < -0.4 is 10.4 Å². The van der Waals surface area contributed by atoms with Gasteiger partial charge in [-0.25, -0.2) is 4.79 Å². The highest BCUT2D eigenvalue weighted by Crippen LogP contribution is 2.43. The highest BCUT2D eigenvalue weighted by atomic mass is 32.2. The number of phenols is 1. The average molecular weight is 361 g/mol. The first kappa shape index (κ1) is 17.4. The number of methoxy groups -OCH3 is 1. The third-order valence-electron chi connectivity index (χ3n) is 4.03. The summed E-state index contributed by atoms with van der Waals surface area (Å²) >= 11 is 1.64. The summed E-state index contributed by atoms with van der Waals surface area (Å²) in [6, 6.07) is 6.74. The fourth-order valence-electron chi connectivity index (χ4n) is 2.88. The third kappa shape index (κ3) is 3.51. The van der Waals surface area contributed by atoms with Crippen molar-refractivity contribution in [1.29, 1.82) is 0 Å². The molecule has 0 saturated carbocycles. The van der Waals surface area contributed by atoms with Gasteiger partial charge in [-0.05, 0) is 13.0 Å². The Morgan fingerprint density at radius 1 is 1.36 bits per heavy atom. The second-order valence-electron chi connectivity index (χ2n) is 5.69. The summed E-state index contributed by atoms with van der Waals surface area (Å²) in [5.41, 5.74) is 0.704. The van der Waals surface area contributed by atoms with E-state index in [0.29, 0.717) is 30.2 Å². The molecule has 7 heteroatoms. The van der Waals surface area contributed by atoms with Crippen molar-refractivity contribution in [2.45, 2.75) is 18.6 Å². The van der Waals surface area contributed by atoms with E-state index in [9.17, 15) is 15.0 Å². The maximum atomic E-state index is 12.2. The molecule has 0 radical (unpaired) electrons. The number of aryl methyl sites for hydroxylation is 1. The smallest absolute Gasteiger partial charge is 0.348 e. The molecule has 6 nitrogen and oxygen atoms in total. The average Bonchev–Trinajstić information content (AvgIpc) is 2.80. The monoisotopic (exact) mass is 361 g/mol. The van der Waals surface area contributed by atoms with Gasteiger partial charge >= 0.3 is 5.63 Å². The highest BCUT2D eigenvalue weighted by Gasteiger charge is 2.26. The molecule has 0 bridgehead atoms. The zero-order valence-corrected chi connectivity index (χ0v) is 14.8. The van der Waals surface area contributed by atoms with E-state index in [4.69, 9.17) is 9.15 Å².